The van der Waals surface area contributed by atoms with E-state index in [-0.39, 0.29) is 58.7 Å². The van der Waals surface area contributed by atoms with Gasteiger partial charge in [-0.05, 0) is 69.9 Å². The van der Waals surface area contributed by atoms with E-state index in [0.717, 1.165) is 59.0 Å². The maximum atomic E-state index is 17.3. The van der Waals surface area contributed by atoms with Gasteiger partial charge in [-0.3, -0.25) is 4.79 Å². The molecule has 1 amide bonds. The molecule has 0 aliphatic carbocycles. The lowest BCUT2D eigenvalue weighted by Gasteiger charge is -2.41. The first-order valence-corrected chi connectivity index (χ1v) is 20.2. The zero-order valence-corrected chi connectivity index (χ0v) is 35.2. The zero-order valence-electron chi connectivity index (χ0n) is 34.4. The van der Waals surface area contributed by atoms with E-state index in [2.05, 4.69) is 54.6 Å². The van der Waals surface area contributed by atoms with Gasteiger partial charge < -0.3 is 29.5 Å². The van der Waals surface area contributed by atoms with Gasteiger partial charge in [0.15, 0.2) is 17.2 Å². The summed E-state index contributed by atoms with van der Waals surface area (Å²) in [6.07, 6.45) is 8.06. The van der Waals surface area contributed by atoms with Crippen molar-refractivity contribution in [3.63, 3.8) is 0 Å². The quantitative estimate of drug-likeness (QED) is 0.0550. The number of hydrogen-bond donors (Lipinski definition) is 2. The molecule has 3 aromatic rings. The smallest absolute Gasteiger partial charge is 0.339 e. The van der Waals surface area contributed by atoms with Crippen LogP contribution in [0.3, 0.4) is 0 Å². The van der Waals surface area contributed by atoms with Crippen molar-refractivity contribution in [1.29, 1.82) is 0 Å². The molecule has 0 saturated carbocycles. The first kappa shape index (κ1) is 42.9. The predicted molar refractivity (Wildman–Crippen MR) is 221 cm³/mol. The Morgan fingerprint density at radius 1 is 0.828 bits per heavy atom. The fourth-order valence-corrected chi connectivity index (χ4v) is 8.23. The van der Waals surface area contributed by atoms with Crippen LogP contribution in [0.1, 0.15) is 110 Å². The SMILES string of the molecule is CC1=CC(C)(C)N(C)c2cc3c(cc21)C(c1c(F)c(C(=O)NCCOCCOCCCCCCCl)c(F)c(F)c1C(=O)O)=c1cc2c(cc1O3)=[N+](C)C(C)(C)C=C2C. The van der Waals surface area contributed by atoms with Crippen LogP contribution in [-0.4, -0.2) is 81.0 Å². The number of carbonyl (C=O) groups excluding carboxylic acids is 1. The number of ether oxygens (including phenoxy) is 3. The van der Waals surface area contributed by atoms with E-state index in [0.29, 0.717) is 19.1 Å². The van der Waals surface area contributed by atoms with Gasteiger partial charge in [0.25, 0.3) is 5.91 Å². The molecular formula is C45H52ClF3N3O6+. The second-order valence-corrected chi connectivity index (χ2v) is 16.6. The third-order valence-electron chi connectivity index (χ3n) is 11.5. The number of nitrogens with zero attached hydrogens (tertiary/aromatic N) is 2. The highest BCUT2D eigenvalue weighted by atomic mass is 35.5. The normalized spacial score (nSPS) is 16.1. The molecule has 0 aromatic heterocycles. The van der Waals surface area contributed by atoms with Crippen molar-refractivity contribution in [2.45, 2.75) is 78.3 Å². The van der Waals surface area contributed by atoms with E-state index in [1.54, 1.807) is 24.3 Å². The fraction of sp³-hybridized carbons (Fsp3) is 0.444. The maximum absolute atomic E-state index is 17.3. The number of amides is 1. The number of rotatable bonds is 15. The molecule has 13 heteroatoms. The van der Waals surface area contributed by atoms with Crippen LogP contribution in [0.4, 0.5) is 18.9 Å². The van der Waals surface area contributed by atoms with Crippen LogP contribution in [0, 0.1) is 17.5 Å². The topological polar surface area (TPSA) is 100 Å². The minimum Gasteiger partial charge on any atom is -0.478 e. The number of fused-ring (bicyclic) bond motifs is 4. The van der Waals surface area contributed by atoms with Crippen molar-refractivity contribution < 1.29 is 42.1 Å². The summed E-state index contributed by atoms with van der Waals surface area (Å²) < 4.78 is 69.1. The molecule has 0 saturated heterocycles. The predicted octanol–water partition coefficient (Wildman–Crippen LogP) is 7.67. The molecule has 0 bridgehead atoms. The summed E-state index contributed by atoms with van der Waals surface area (Å²) in [5.74, 6) is -7.32. The monoisotopic (exact) mass is 822 g/mol. The van der Waals surface area contributed by atoms with Crippen LogP contribution in [-0.2, 0) is 9.47 Å². The van der Waals surface area contributed by atoms with Crippen molar-refractivity contribution in [3.8, 4) is 11.5 Å². The number of anilines is 1. The molecule has 0 spiro atoms. The highest BCUT2D eigenvalue weighted by molar-refractivity contribution is 6.17. The number of likely N-dealkylation sites (N-methyl/N-ethyl adjacent to an activating group) is 2. The molecule has 58 heavy (non-hydrogen) atoms. The lowest BCUT2D eigenvalue weighted by Crippen LogP contribution is -2.47. The first-order chi connectivity index (χ1) is 27.4. The average Bonchev–Trinajstić information content (AvgIpc) is 3.15. The van der Waals surface area contributed by atoms with Crippen molar-refractivity contribution in [2.24, 2.45) is 0 Å². The summed E-state index contributed by atoms with van der Waals surface area (Å²) >= 11 is 5.70. The summed E-state index contributed by atoms with van der Waals surface area (Å²) in [7, 11) is 3.87. The summed E-state index contributed by atoms with van der Waals surface area (Å²) in [5, 5.41) is 13.9. The number of unbranched alkanes of at least 4 members (excludes halogenated alkanes) is 3. The molecule has 2 N–H and O–H groups in total. The van der Waals surface area contributed by atoms with E-state index in [1.807, 2.05) is 27.9 Å². The Morgan fingerprint density at radius 2 is 1.48 bits per heavy atom. The number of carbonyl (C=O) groups is 2. The number of alkyl halides is 1. The van der Waals surface area contributed by atoms with Gasteiger partial charge in [-0.1, -0.05) is 18.9 Å². The van der Waals surface area contributed by atoms with Crippen molar-refractivity contribution in [3.05, 3.63) is 97.8 Å². The van der Waals surface area contributed by atoms with Gasteiger partial charge in [0.1, 0.15) is 35.5 Å². The number of hydrogen-bond acceptors (Lipinski definition) is 6. The van der Waals surface area contributed by atoms with Gasteiger partial charge in [0, 0.05) is 84.7 Å². The van der Waals surface area contributed by atoms with Crippen LogP contribution in [0.25, 0.3) is 16.7 Å². The molecule has 6 rings (SSSR count). The minimum absolute atomic E-state index is 0.0153. The van der Waals surface area contributed by atoms with E-state index < -0.39 is 46.0 Å². The number of carboxylic acids is 1. The molecule has 3 heterocycles. The van der Waals surface area contributed by atoms with E-state index >= 15 is 13.2 Å². The Balaban J connectivity index is 1.46. The van der Waals surface area contributed by atoms with E-state index in [9.17, 15) is 14.7 Å². The Morgan fingerprint density at radius 3 is 2.17 bits per heavy atom. The third kappa shape index (κ3) is 8.03. The number of benzene rings is 3. The van der Waals surface area contributed by atoms with E-state index in [4.69, 9.17) is 25.8 Å². The van der Waals surface area contributed by atoms with Crippen molar-refractivity contribution in [2.75, 3.05) is 57.8 Å². The highest BCUT2D eigenvalue weighted by Gasteiger charge is 2.39. The largest absolute Gasteiger partial charge is 0.478 e. The number of halogens is 4. The lowest BCUT2D eigenvalue weighted by atomic mass is 9.83. The van der Waals surface area contributed by atoms with Crippen LogP contribution in [0.5, 0.6) is 11.5 Å². The zero-order chi connectivity index (χ0) is 42.3. The van der Waals surface area contributed by atoms with Gasteiger partial charge in [-0.25, -0.2) is 22.5 Å². The molecule has 0 fully saturated rings. The van der Waals surface area contributed by atoms with Crippen LogP contribution in [0.15, 0.2) is 36.4 Å². The number of allylic oxidation sites excluding steroid dienone is 2. The molecular weight excluding hydrogens is 771 g/mol. The summed E-state index contributed by atoms with van der Waals surface area (Å²) in [4.78, 5) is 28.5. The second kappa shape index (κ2) is 16.9. The summed E-state index contributed by atoms with van der Waals surface area (Å²) in [6, 6.07) is 7.10. The van der Waals surface area contributed by atoms with Gasteiger partial charge in [0.05, 0.1) is 31.4 Å². The van der Waals surface area contributed by atoms with Gasteiger partial charge >= 0.3 is 5.97 Å². The van der Waals surface area contributed by atoms with Gasteiger partial charge in [-0.15, -0.1) is 11.6 Å². The van der Waals surface area contributed by atoms with Crippen molar-refractivity contribution in [1.82, 2.24) is 9.89 Å². The summed E-state index contributed by atoms with van der Waals surface area (Å²) in [5.41, 5.74) is 0.300. The number of aromatic carboxylic acids is 1. The first-order valence-electron chi connectivity index (χ1n) is 19.6. The number of nitrogens with one attached hydrogen (secondary N) is 1. The Labute approximate surface area is 342 Å². The Bertz CT molecular complexity index is 2370. The van der Waals surface area contributed by atoms with E-state index in [1.165, 1.54) is 0 Å². The molecule has 310 valence electrons. The minimum atomic E-state index is -1.91. The Hall–Kier alpha value is -4.65. The molecule has 3 aromatic carbocycles. The molecule has 0 atom stereocenters. The molecule has 9 nitrogen and oxygen atoms in total. The maximum Gasteiger partial charge on any atom is 0.339 e. The fourth-order valence-electron chi connectivity index (χ4n) is 8.04. The standard InChI is InChI=1S/C45H51ClF3N3O6/c1-25-23-44(3,4)51(7)31-21-33-29(19-27(25)31)35(30-20-28-26(2)24-45(5,6)52(8)32(28)22-34(30)58-33)36-37(43(54)55)40(48)41(49)38(39(36)47)42(53)50-14-16-57-18-17-56-15-12-10-9-11-13-46/h19-24H,9-18H2,1-8H3,(H-,50,53,54,55)/p+1. The highest BCUT2D eigenvalue weighted by Crippen LogP contribution is 2.47. The Kier molecular flexibility index (Phi) is 12.5. The summed E-state index contributed by atoms with van der Waals surface area (Å²) in [6.45, 7) is 13.1. The molecule has 3 aliphatic rings. The van der Waals surface area contributed by atoms with Gasteiger partial charge in [0.2, 0.25) is 5.36 Å². The third-order valence-corrected chi connectivity index (χ3v) is 11.8. The van der Waals surface area contributed by atoms with Crippen LogP contribution >= 0.6 is 11.6 Å². The van der Waals surface area contributed by atoms with Crippen molar-refractivity contribution >= 4 is 45.9 Å². The average molecular weight is 823 g/mol. The second-order valence-electron chi connectivity index (χ2n) is 16.2. The van der Waals surface area contributed by atoms with Crippen LogP contribution in [0.2, 0.25) is 0 Å². The van der Waals surface area contributed by atoms with Crippen LogP contribution < -0.4 is 30.1 Å². The molecule has 0 unspecified atom stereocenters. The number of carboxylic acid groups (broad SMARTS) is 1. The molecule has 3 aliphatic heterocycles. The van der Waals surface area contributed by atoms with Gasteiger partial charge in [-0.2, -0.15) is 0 Å². The lowest BCUT2D eigenvalue weighted by molar-refractivity contribution is 0.0468. The molecule has 0 radical (unpaired) electrons.